The highest BCUT2D eigenvalue weighted by molar-refractivity contribution is 5.73. The summed E-state index contributed by atoms with van der Waals surface area (Å²) in [6.45, 7) is -2.86. The van der Waals surface area contributed by atoms with E-state index in [0.29, 0.717) is 0 Å². The predicted octanol–water partition coefficient (Wildman–Crippen LogP) is -7.84. The zero-order valence-corrected chi connectivity index (χ0v) is 18.1. The minimum Gasteiger partial charge on any atom is -0.479 e. The van der Waals surface area contributed by atoms with Crippen LogP contribution >= 0.6 is 0 Å². The number of carboxylic acid groups (broad SMARTS) is 1. The summed E-state index contributed by atoms with van der Waals surface area (Å²) in [6, 6.07) is 0. The molecule has 0 spiro atoms. The number of rotatable bonds is 11. The third-order valence-corrected chi connectivity index (χ3v) is 5.73. The van der Waals surface area contributed by atoms with E-state index in [2.05, 4.69) is 0 Å². The largest absolute Gasteiger partial charge is 0.479 e. The van der Waals surface area contributed by atoms with Crippen molar-refractivity contribution in [1.82, 2.24) is 0 Å². The Labute approximate surface area is 197 Å². The summed E-state index contributed by atoms with van der Waals surface area (Å²) in [5.74, 6) is -1.92. The minimum atomic E-state index is -2.40. The van der Waals surface area contributed by atoms with Crippen molar-refractivity contribution in [2.75, 3.05) is 19.8 Å². The van der Waals surface area contributed by atoms with Crippen molar-refractivity contribution in [2.45, 2.75) is 85.8 Å². The molecule has 2 fully saturated rings. The highest BCUT2D eigenvalue weighted by Gasteiger charge is 2.51. The van der Waals surface area contributed by atoms with Crippen LogP contribution < -0.4 is 0 Å². The van der Waals surface area contributed by atoms with Crippen LogP contribution in [0.2, 0.25) is 0 Å². The lowest BCUT2D eigenvalue weighted by Gasteiger charge is -2.44. The van der Waals surface area contributed by atoms with Gasteiger partial charge in [-0.1, -0.05) is 0 Å². The van der Waals surface area contributed by atoms with Crippen LogP contribution in [0.1, 0.15) is 0 Å². The Morgan fingerprint density at radius 2 is 1.14 bits per heavy atom. The van der Waals surface area contributed by atoms with Crippen LogP contribution in [0.4, 0.5) is 0 Å². The Morgan fingerprint density at radius 1 is 0.714 bits per heavy atom. The molecule has 0 aliphatic carbocycles. The number of hydrogen-bond acceptors (Lipinski definition) is 16. The van der Waals surface area contributed by atoms with Crippen molar-refractivity contribution in [3.8, 4) is 0 Å². The molecule has 2 rings (SSSR count). The Kier molecular flexibility index (Phi) is 11.1. The molecule has 35 heavy (non-hydrogen) atoms. The van der Waals surface area contributed by atoms with Crippen LogP contribution in [-0.2, 0) is 23.7 Å². The molecule has 2 aliphatic rings. The van der Waals surface area contributed by atoms with Crippen molar-refractivity contribution >= 4 is 5.97 Å². The topological polar surface area (TPSA) is 297 Å². The van der Waals surface area contributed by atoms with E-state index in [4.69, 9.17) is 18.9 Å². The number of carboxylic acids is 1. The van der Waals surface area contributed by atoms with Gasteiger partial charge in [0.15, 0.2) is 18.7 Å². The van der Waals surface area contributed by atoms with Gasteiger partial charge in [-0.25, -0.2) is 4.79 Å². The van der Waals surface area contributed by atoms with Gasteiger partial charge in [0.1, 0.15) is 67.1 Å². The van der Waals surface area contributed by atoms with Crippen LogP contribution in [-0.4, -0.2) is 173 Å². The van der Waals surface area contributed by atoms with Gasteiger partial charge in [-0.15, -0.1) is 0 Å². The van der Waals surface area contributed by atoms with Crippen molar-refractivity contribution in [1.29, 1.82) is 0 Å². The first-order valence-electron chi connectivity index (χ1n) is 10.5. The quantitative estimate of drug-likeness (QED) is 0.120. The molecule has 2 aliphatic heterocycles. The second-order valence-electron chi connectivity index (χ2n) is 8.13. The maximum atomic E-state index is 12.0. The molecule has 0 saturated carbocycles. The zero-order chi connectivity index (χ0) is 26.6. The van der Waals surface area contributed by atoms with E-state index in [1.165, 1.54) is 0 Å². The lowest BCUT2D eigenvalue weighted by Crippen LogP contribution is -2.64. The molecule has 0 aromatic heterocycles. The van der Waals surface area contributed by atoms with E-state index in [0.717, 1.165) is 0 Å². The molecule has 2 heterocycles. The fourth-order valence-electron chi connectivity index (χ4n) is 3.59. The molecule has 0 radical (unpaired) electrons. The summed E-state index contributed by atoms with van der Waals surface area (Å²) in [5, 5.41) is 118. The lowest BCUT2D eigenvalue weighted by molar-refractivity contribution is -0.346. The number of carbonyl (C=O) groups is 1. The lowest BCUT2D eigenvalue weighted by atomic mass is 9.97. The van der Waals surface area contributed by atoms with E-state index >= 15 is 0 Å². The van der Waals surface area contributed by atoms with Gasteiger partial charge in [-0.2, -0.15) is 0 Å². The standard InChI is InChI=1S/C18H32O17/c19-1-4(22)7(23)14(34-17-12(28)10(26)8(24)5(2-20)32-17)15(16(30)31)35-18-13(29)11(27)9(25)6(3-21)33-18/h4-15,17-29H,1-3H2,(H,30,31). The van der Waals surface area contributed by atoms with Gasteiger partial charge in [-0.05, 0) is 0 Å². The van der Waals surface area contributed by atoms with E-state index in [-0.39, 0.29) is 0 Å². The fourth-order valence-corrected chi connectivity index (χ4v) is 3.59. The first-order chi connectivity index (χ1) is 16.4. The molecular formula is C18H32O17. The predicted molar refractivity (Wildman–Crippen MR) is 104 cm³/mol. The highest BCUT2D eigenvalue weighted by atomic mass is 16.7. The summed E-state index contributed by atoms with van der Waals surface area (Å²) in [6.07, 6.45) is -27.7. The van der Waals surface area contributed by atoms with Crippen LogP contribution in [0, 0.1) is 0 Å². The Balaban J connectivity index is 2.35. The molecule has 12 N–H and O–H groups in total. The molecule has 0 bridgehead atoms. The first kappa shape index (κ1) is 30.1. The van der Waals surface area contributed by atoms with E-state index in [9.17, 15) is 66.1 Å². The van der Waals surface area contributed by atoms with Gasteiger partial charge in [-0.3, -0.25) is 0 Å². The molecule has 0 aromatic rings. The maximum Gasteiger partial charge on any atom is 0.335 e. The number of aliphatic hydroxyl groups excluding tert-OH is 11. The molecule has 0 aromatic carbocycles. The SMILES string of the molecule is O=C(O)C(OC1OC(CO)C(O)C(O)C1O)C(OC1OC(CO)C(O)C(O)C1O)C(O)C(O)CO. The van der Waals surface area contributed by atoms with Gasteiger partial charge in [0.2, 0.25) is 0 Å². The van der Waals surface area contributed by atoms with E-state index in [1.807, 2.05) is 0 Å². The van der Waals surface area contributed by atoms with Gasteiger partial charge >= 0.3 is 5.97 Å². The molecule has 2 saturated heterocycles. The van der Waals surface area contributed by atoms with Gasteiger partial charge in [0.25, 0.3) is 0 Å². The molecule has 17 nitrogen and oxygen atoms in total. The maximum absolute atomic E-state index is 12.0. The highest BCUT2D eigenvalue weighted by Crippen LogP contribution is 2.28. The number of aliphatic hydroxyl groups is 11. The zero-order valence-electron chi connectivity index (χ0n) is 18.1. The minimum absolute atomic E-state index is 0.874. The fraction of sp³-hybridized carbons (Fsp3) is 0.944. The second kappa shape index (κ2) is 12.9. The van der Waals surface area contributed by atoms with Crippen molar-refractivity contribution < 1.29 is 85.0 Å². The van der Waals surface area contributed by atoms with Gasteiger partial charge < -0.3 is 80.2 Å². The summed E-state index contributed by atoms with van der Waals surface area (Å²) in [4.78, 5) is 12.0. The van der Waals surface area contributed by atoms with Crippen LogP contribution in [0.5, 0.6) is 0 Å². The summed E-state index contributed by atoms with van der Waals surface area (Å²) >= 11 is 0. The van der Waals surface area contributed by atoms with Crippen molar-refractivity contribution in [3.05, 3.63) is 0 Å². The average molecular weight is 520 g/mol. The summed E-state index contributed by atoms with van der Waals surface area (Å²) in [7, 11) is 0. The Hall–Kier alpha value is -1.13. The Bertz CT molecular complexity index is 663. The monoisotopic (exact) mass is 520 g/mol. The molecule has 17 heteroatoms. The summed E-state index contributed by atoms with van der Waals surface area (Å²) < 4.78 is 20.6. The smallest absolute Gasteiger partial charge is 0.335 e. The van der Waals surface area contributed by atoms with Crippen molar-refractivity contribution in [3.63, 3.8) is 0 Å². The number of aliphatic carboxylic acids is 1. The van der Waals surface area contributed by atoms with E-state index in [1.54, 1.807) is 0 Å². The third kappa shape index (κ3) is 6.60. The Morgan fingerprint density at radius 3 is 1.51 bits per heavy atom. The van der Waals surface area contributed by atoms with Gasteiger partial charge in [0.05, 0.1) is 19.8 Å². The third-order valence-electron chi connectivity index (χ3n) is 5.73. The first-order valence-corrected chi connectivity index (χ1v) is 10.5. The molecule has 14 atom stereocenters. The molecule has 14 unspecified atom stereocenters. The van der Waals surface area contributed by atoms with Crippen LogP contribution in [0.25, 0.3) is 0 Å². The number of ether oxygens (including phenoxy) is 4. The second-order valence-corrected chi connectivity index (χ2v) is 8.13. The van der Waals surface area contributed by atoms with Crippen molar-refractivity contribution in [2.24, 2.45) is 0 Å². The van der Waals surface area contributed by atoms with Gasteiger partial charge in [0, 0.05) is 0 Å². The number of hydrogen-bond donors (Lipinski definition) is 12. The van der Waals surface area contributed by atoms with Crippen LogP contribution in [0.3, 0.4) is 0 Å². The van der Waals surface area contributed by atoms with Crippen LogP contribution in [0.15, 0.2) is 0 Å². The molecule has 0 amide bonds. The normalized spacial score (nSPS) is 41.7. The molecule has 206 valence electrons. The van der Waals surface area contributed by atoms with E-state index < -0.39 is 112 Å². The molecular weight excluding hydrogens is 488 g/mol. The average Bonchev–Trinajstić information content (AvgIpc) is 2.84. The summed E-state index contributed by atoms with van der Waals surface area (Å²) in [5.41, 5.74) is 0.